The van der Waals surface area contributed by atoms with Crippen LogP contribution >= 0.6 is 0 Å². The van der Waals surface area contributed by atoms with Crippen LogP contribution in [0.1, 0.15) is 66.5 Å². The Labute approximate surface area is 201 Å². The number of benzene rings is 1. The van der Waals surface area contributed by atoms with Crippen molar-refractivity contribution in [2.45, 2.75) is 78.1 Å². The predicted octanol–water partition coefficient (Wildman–Crippen LogP) is 2.65. The summed E-state index contributed by atoms with van der Waals surface area (Å²) in [5.41, 5.74) is -1.47. The van der Waals surface area contributed by atoms with E-state index in [1.165, 1.54) is 31.1 Å². The Balaban J connectivity index is 3.47. The molecule has 1 aromatic rings. The largest absolute Gasteiger partial charge is 0.508 e. The van der Waals surface area contributed by atoms with Crippen molar-refractivity contribution in [3.05, 3.63) is 29.8 Å². The number of alkyl carbamates (subject to hydrolysis) is 1. The highest BCUT2D eigenvalue weighted by Crippen LogP contribution is 2.35. The van der Waals surface area contributed by atoms with Crippen LogP contribution in [0.2, 0.25) is 0 Å². The van der Waals surface area contributed by atoms with Gasteiger partial charge in [0.1, 0.15) is 30.0 Å². The highest BCUT2D eigenvalue weighted by atomic mass is 16.6. The number of para-hydroxylation sites is 1. The summed E-state index contributed by atoms with van der Waals surface area (Å²) in [7, 11) is 1.19. The van der Waals surface area contributed by atoms with Crippen LogP contribution in [0, 0.1) is 0 Å². The summed E-state index contributed by atoms with van der Waals surface area (Å²) in [5, 5.41) is 15.5. The molecular weight excluding hydrogens is 442 g/mol. The summed E-state index contributed by atoms with van der Waals surface area (Å²) >= 11 is 0. The number of nitrogens with zero attached hydrogens (tertiary/aromatic N) is 1. The third kappa shape index (κ3) is 7.93. The standard InChI is InChI=1S/C24H37N3O7/c1-9-24(6,7)27(21(31)15(2)26-22(32)34-23(3,4)5)19(16-12-10-11-13-17(16)28)20(30)25-14-18(29)33-8/h10-13,15,19,28H,9,14H2,1-8H3,(H,25,30)(H,26,32). The second-order valence-electron chi connectivity index (χ2n) is 9.50. The zero-order chi connectivity index (χ0) is 26.3. The van der Waals surface area contributed by atoms with Gasteiger partial charge in [-0.15, -0.1) is 0 Å². The molecule has 0 radical (unpaired) electrons. The molecule has 0 aliphatic heterocycles. The molecule has 2 atom stereocenters. The lowest BCUT2D eigenvalue weighted by Crippen LogP contribution is -2.58. The number of phenols is 1. The van der Waals surface area contributed by atoms with Crippen LogP contribution in [0.3, 0.4) is 0 Å². The van der Waals surface area contributed by atoms with Crippen LogP contribution in [-0.4, -0.2) is 64.7 Å². The Kier molecular flexibility index (Phi) is 9.90. The van der Waals surface area contributed by atoms with E-state index in [0.717, 1.165) is 0 Å². The first-order valence-electron chi connectivity index (χ1n) is 11.1. The predicted molar refractivity (Wildman–Crippen MR) is 126 cm³/mol. The van der Waals surface area contributed by atoms with Crippen LogP contribution in [-0.2, 0) is 23.9 Å². The van der Waals surface area contributed by atoms with Gasteiger partial charge in [-0.25, -0.2) is 4.79 Å². The topological polar surface area (TPSA) is 134 Å². The molecule has 0 heterocycles. The molecule has 10 nitrogen and oxygen atoms in total. The van der Waals surface area contributed by atoms with Gasteiger partial charge in [-0.3, -0.25) is 14.4 Å². The maximum Gasteiger partial charge on any atom is 0.408 e. The van der Waals surface area contributed by atoms with Crippen LogP contribution in [0.25, 0.3) is 0 Å². The van der Waals surface area contributed by atoms with Crippen molar-refractivity contribution >= 4 is 23.9 Å². The van der Waals surface area contributed by atoms with Gasteiger partial charge in [-0.05, 0) is 54.0 Å². The van der Waals surface area contributed by atoms with Crippen molar-refractivity contribution in [3.8, 4) is 5.75 Å². The number of nitrogens with one attached hydrogen (secondary N) is 2. The number of carbonyl (C=O) groups is 4. The maximum atomic E-state index is 13.7. The summed E-state index contributed by atoms with van der Waals surface area (Å²) in [6, 6.07) is 3.79. The Morgan fingerprint density at radius 2 is 1.68 bits per heavy atom. The summed E-state index contributed by atoms with van der Waals surface area (Å²) in [5.74, 6) is -2.12. The van der Waals surface area contributed by atoms with E-state index in [9.17, 15) is 24.3 Å². The normalized spacial score (nSPS) is 13.3. The molecule has 3 amide bonds. The summed E-state index contributed by atoms with van der Waals surface area (Å²) in [4.78, 5) is 52.2. The van der Waals surface area contributed by atoms with E-state index in [0.29, 0.717) is 6.42 Å². The van der Waals surface area contributed by atoms with Crippen molar-refractivity contribution in [1.82, 2.24) is 15.5 Å². The molecule has 0 saturated heterocycles. The number of hydrogen-bond acceptors (Lipinski definition) is 7. The highest BCUT2D eigenvalue weighted by molar-refractivity contribution is 5.93. The fourth-order valence-electron chi connectivity index (χ4n) is 3.14. The first-order valence-corrected chi connectivity index (χ1v) is 11.1. The quantitative estimate of drug-likeness (QED) is 0.464. The first kappa shape index (κ1) is 28.7. The average Bonchev–Trinajstić information content (AvgIpc) is 2.74. The highest BCUT2D eigenvalue weighted by Gasteiger charge is 2.43. The van der Waals surface area contributed by atoms with Crippen molar-refractivity contribution < 1.29 is 33.8 Å². The van der Waals surface area contributed by atoms with Gasteiger partial charge in [0.2, 0.25) is 11.8 Å². The molecule has 0 bridgehead atoms. The van der Waals surface area contributed by atoms with E-state index in [1.807, 2.05) is 6.92 Å². The second kappa shape index (κ2) is 11.7. The van der Waals surface area contributed by atoms with Crippen molar-refractivity contribution in [3.63, 3.8) is 0 Å². The molecule has 3 N–H and O–H groups in total. The number of rotatable bonds is 9. The molecule has 1 aromatic carbocycles. The van der Waals surface area contributed by atoms with Gasteiger partial charge in [0.15, 0.2) is 0 Å². The lowest BCUT2D eigenvalue weighted by molar-refractivity contribution is -0.149. The first-order chi connectivity index (χ1) is 15.6. The van der Waals surface area contributed by atoms with Crippen molar-refractivity contribution in [2.75, 3.05) is 13.7 Å². The molecule has 34 heavy (non-hydrogen) atoms. The molecule has 0 fully saturated rings. The Morgan fingerprint density at radius 3 is 2.18 bits per heavy atom. The van der Waals surface area contributed by atoms with E-state index < -0.39 is 53.6 Å². The van der Waals surface area contributed by atoms with Gasteiger partial charge in [0.25, 0.3) is 0 Å². The van der Waals surface area contributed by atoms with Crippen LogP contribution in [0.15, 0.2) is 24.3 Å². The van der Waals surface area contributed by atoms with Crippen molar-refractivity contribution in [1.29, 1.82) is 0 Å². The number of amides is 3. The molecule has 2 unspecified atom stereocenters. The van der Waals surface area contributed by atoms with E-state index in [2.05, 4.69) is 15.4 Å². The zero-order valence-electron chi connectivity index (χ0n) is 21.2. The Bertz CT molecular complexity index is 893. The van der Waals surface area contributed by atoms with E-state index >= 15 is 0 Å². The number of carbonyl (C=O) groups excluding carboxylic acids is 4. The smallest absolute Gasteiger partial charge is 0.408 e. The number of ether oxygens (including phenoxy) is 2. The SMILES string of the molecule is CCC(C)(C)N(C(=O)C(C)NC(=O)OC(C)(C)C)C(C(=O)NCC(=O)OC)c1ccccc1O. The fourth-order valence-corrected chi connectivity index (χ4v) is 3.14. The molecule has 0 saturated carbocycles. The van der Waals surface area contributed by atoms with Gasteiger partial charge >= 0.3 is 12.1 Å². The fraction of sp³-hybridized carbons (Fsp3) is 0.583. The lowest BCUT2D eigenvalue weighted by Gasteiger charge is -2.44. The molecule has 0 aromatic heterocycles. The summed E-state index contributed by atoms with van der Waals surface area (Å²) in [6.07, 6.45) is -0.330. The second-order valence-corrected chi connectivity index (χ2v) is 9.50. The number of methoxy groups -OCH3 is 1. The van der Waals surface area contributed by atoms with Gasteiger partial charge in [0, 0.05) is 11.1 Å². The number of phenolic OH excluding ortho intramolecular Hbond substituents is 1. The minimum atomic E-state index is -1.30. The minimum absolute atomic E-state index is 0.171. The van der Waals surface area contributed by atoms with E-state index in [1.54, 1.807) is 46.8 Å². The zero-order valence-corrected chi connectivity index (χ0v) is 21.2. The van der Waals surface area contributed by atoms with E-state index in [-0.39, 0.29) is 11.3 Å². The average molecular weight is 480 g/mol. The lowest BCUT2D eigenvalue weighted by atomic mass is 9.91. The Hall–Kier alpha value is -3.30. The van der Waals surface area contributed by atoms with Crippen LogP contribution in [0.4, 0.5) is 4.79 Å². The van der Waals surface area contributed by atoms with Crippen molar-refractivity contribution in [2.24, 2.45) is 0 Å². The van der Waals surface area contributed by atoms with E-state index in [4.69, 9.17) is 4.74 Å². The van der Waals surface area contributed by atoms with Gasteiger partial charge in [-0.1, -0.05) is 25.1 Å². The van der Waals surface area contributed by atoms with Crippen LogP contribution < -0.4 is 10.6 Å². The molecule has 10 heteroatoms. The van der Waals surface area contributed by atoms with Gasteiger partial charge < -0.3 is 30.1 Å². The van der Waals surface area contributed by atoms with Gasteiger partial charge in [-0.2, -0.15) is 0 Å². The number of aromatic hydroxyl groups is 1. The molecule has 0 spiro atoms. The third-order valence-corrected chi connectivity index (χ3v) is 5.23. The van der Waals surface area contributed by atoms with Crippen LogP contribution in [0.5, 0.6) is 5.75 Å². The molecule has 1 rings (SSSR count). The molecule has 190 valence electrons. The summed E-state index contributed by atoms with van der Waals surface area (Å²) in [6.45, 7) is 11.6. The molecular formula is C24H37N3O7. The number of hydrogen-bond donors (Lipinski definition) is 3. The number of esters is 1. The monoisotopic (exact) mass is 479 g/mol. The minimum Gasteiger partial charge on any atom is -0.508 e. The third-order valence-electron chi connectivity index (χ3n) is 5.23. The molecule has 0 aliphatic carbocycles. The maximum absolute atomic E-state index is 13.7. The van der Waals surface area contributed by atoms with Gasteiger partial charge in [0.05, 0.1) is 7.11 Å². The summed E-state index contributed by atoms with van der Waals surface area (Å²) < 4.78 is 9.83. The Morgan fingerprint density at radius 1 is 1.09 bits per heavy atom. The molecule has 0 aliphatic rings.